The van der Waals surface area contributed by atoms with E-state index in [0.717, 1.165) is 25.7 Å². The molecule has 1 amide bonds. The predicted octanol–water partition coefficient (Wildman–Crippen LogP) is 1.97. The molecule has 0 aromatic heterocycles. The van der Waals surface area contributed by atoms with Crippen LogP contribution < -0.4 is 5.32 Å². The van der Waals surface area contributed by atoms with Gasteiger partial charge in [0.1, 0.15) is 0 Å². The Labute approximate surface area is 120 Å². The minimum atomic E-state index is -1.07. The van der Waals surface area contributed by atoms with Gasteiger partial charge in [0, 0.05) is 5.92 Å². The number of carboxylic acids is 1. The van der Waals surface area contributed by atoms with E-state index < -0.39 is 12.0 Å². The van der Waals surface area contributed by atoms with E-state index >= 15 is 0 Å². The molecule has 1 aliphatic rings. The van der Waals surface area contributed by atoms with E-state index in [1.54, 1.807) is 6.08 Å². The van der Waals surface area contributed by atoms with Gasteiger partial charge in [-0.05, 0) is 24.7 Å². The van der Waals surface area contributed by atoms with Crippen molar-refractivity contribution in [2.75, 3.05) is 13.2 Å². The molecule has 1 saturated carbocycles. The van der Waals surface area contributed by atoms with Gasteiger partial charge in [-0.15, -0.1) is 6.58 Å². The zero-order chi connectivity index (χ0) is 15.2. The van der Waals surface area contributed by atoms with Crippen LogP contribution in [0.25, 0.3) is 0 Å². The lowest BCUT2D eigenvalue weighted by Gasteiger charge is -2.34. The van der Waals surface area contributed by atoms with Crippen molar-refractivity contribution in [2.45, 2.75) is 45.6 Å². The van der Waals surface area contributed by atoms with Crippen molar-refractivity contribution in [1.29, 1.82) is 0 Å². The second-order valence-corrected chi connectivity index (χ2v) is 6.18. The molecule has 2 unspecified atom stereocenters. The summed E-state index contributed by atoms with van der Waals surface area (Å²) in [6.45, 7) is 8.02. The third kappa shape index (κ3) is 5.33. The minimum absolute atomic E-state index is 0.0385. The number of aliphatic carboxylic acids is 1. The first-order valence-electron chi connectivity index (χ1n) is 7.07. The van der Waals surface area contributed by atoms with E-state index in [1.807, 2.05) is 0 Å². The van der Waals surface area contributed by atoms with Gasteiger partial charge in [-0.3, -0.25) is 4.79 Å². The van der Waals surface area contributed by atoms with Gasteiger partial charge in [0.15, 0.2) is 6.04 Å². The maximum atomic E-state index is 12.2. The summed E-state index contributed by atoms with van der Waals surface area (Å²) in [6, 6.07) is -0.993. The lowest BCUT2D eigenvalue weighted by atomic mass is 9.72. The molecule has 1 fully saturated rings. The Morgan fingerprint density at radius 2 is 2.25 bits per heavy atom. The van der Waals surface area contributed by atoms with Crippen molar-refractivity contribution in [1.82, 2.24) is 5.32 Å². The summed E-state index contributed by atoms with van der Waals surface area (Å²) in [6.07, 6.45) is 5.30. The summed E-state index contributed by atoms with van der Waals surface area (Å²) in [7, 11) is 0. The molecular weight excluding hydrogens is 258 g/mol. The van der Waals surface area contributed by atoms with Crippen molar-refractivity contribution >= 4 is 11.9 Å². The summed E-state index contributed by atoms with van der Waals surface area (Å²) in [4.78, 5) is 23.3. The predicted molar refractivity (Wildman–Crippen MR) is 76.3 cm³/mol. The van der Waals surface area contributed by atoms with Crippen molar-refractivity contribution < 1.29 is 19.4 Å². The van der Waals surface area contributed by atoms with Gasteiger partial charge in [-0.2, -0.15) is 0 Å². The van der Waals surface area contributed by atoms with Gasteiger partial charge in [-0.1, -0.05) is 26.3 Å². The molecule has 5 heteroatoms. The second-order valence-electron chi connectivity index (χ2n) is 6.18. The first-order chi connectivity index (χ1) is 9.35. The average Bonchev–Trinajstić information content (AvgIpc) is 2.36. The number of carbonyl (C=O) groups excluding carboxylic acids is 1. The van der Waals surface area contributed by atoms with Crippen LogP contribution in [0.3, 0.4) is 0 Å². The molecular formula is C15H25NO4. The lowest BCUT2D eigenvalue weighted by Crippen LogP contribution is -2.47. The molecule has 0 aromatic rings. The van der Waals surface area contributed by atoms with E-state index in [2.05, 4.69) is 25.7 Å². The fraction of sp³-hybridized carbons (Fsp3) is 0.733. The molecule has 114 valence electrons. The quantitative estimate of drug-likeness (QED) is 0.553. The molecule has 1 aliphatic carbocycles. The van der Waals surface area contributed by atoms with E-state index in [9.17, 15) is 9.59 Å². The van der Waals surface area contributed by atoms with Crippen LogP contribution >= 0.6 is 0 Å². The largest absolute Gasteiger partial charge is 0.480 e. The Kier molecular flexibility index (Phi) is 6.20. The second kappa shape index (κ2) is 7.43. The van der Waals surface area contributed by atoms with Gasteiger partial charge in [-0.25, -0.2) is 4.79 Å². The highest BCUT2D eigenvalue weighted by molar-refractivity contribution is 5.85. The zero-order valence-electron chi connectivity index (χ0n) is 12.4. The van der Waals surface area contributed by atoms with Crippen molar-refractivity contribution in [3.05, 3.63) is 12.7 Å². The van der Waals surface area contributed by atoms with Crippen molar-refractivity contribution in [3.63, 3.8) is 0 Å². The van der Waals surface area contributed by atoms with Crippen LogP contribution in [0.2, 0.25) is 0 Å². The van der Waals surface area contributed by atoms with Crippen LogP contribution in [0.5, 0.6) is 0 Å². The number of carboxylic acid groups (broad SMARTS) is 1. The number of hydrogen-bond donors (Lipinski definition) is 2. The smallest absolute Gasteiger partial charge is 0.328 e. The summed E-state index contributed by atoms with van der Waals surface area (Å²) in [5, 5.41) is 11.7. The molecule has 0 radical (unpaired) electrons. The van der Waals surface area contributed by atoms with Gasteiger partial charge < -0.3 is 15.2 Å². The average molecular weight is 283 g/mol. The number of ether oxygens (including phenoxy) is 1. The fourth-order valence-electron chi connectivity index (χ4n) is 2.66. The van der Waals surface area contributed by atoms with Crippen LogP contribution in [0.4, 0.5) is 0 Å². The van der Waals surface area contributed by atoms with Crippen molar-refractivity contribution in [3.8, 4) is 0 Å². The Balaban J connectivity index is 2.52. The van der Waals surface area contributed by atoms with Crippen LogP contribution in [0.15, 0.2) is 12.7 Å². The molecule has 0 spiro atoms. The highest BCUT2D eigenvalue weighted by Gasteiger charge is 2.33. The van der Waals surface area contributed by atoms with Gasteiger partial charge in [0.2, 0.25) is 5.91 Å². The Morgan fingerprint density at radius 1 is 1.55 bits per heavy atom. The van der Waals surface area contributed by atoms with E-state index in [4.69, 9.17) is 9.84 Å². The summed E-state index contributed by atoms with van der Waals surface area (Å²) >= 11 is 0. The summed E-state index contributed by atoms with van der Waals surface area (Å²) < 4.78 is 5.12. The SMILES string of the molecule is C=CCOCC(NC(=O)C1CCCC(C)(C)C1)C(=O)O. The molecule has 0 heterocycles. The fourth-order valence-corrected chi connectivity index (χ4v) is 2.66. The molecule has 2 atom stereocenters. The van der Waals surface area contributed by atoms with Gasteiger partial charge in [0.05, 0.1) is 13.2 Å². The van der Waals surface area contributed by atoms with Gasteiger partial charge >= 0.3 is 5.97 Å². The molecule has 0 aliphatic heterocycles. The minimum Gasteiger partial charge on any atom is -0.480 e. The lowest BCUT2D eigenvalue weighted by molar-refractivity contribution is -0.144. The highest BCUT2D eigenvalue weighted by Crippen LogP contribution is 2.38. The van der Waals surface area contributed by atoms with Gasteiger partial charge in [0.25, 0.3) is 0 Å². The Hall–Kier alpha value is -1.36. The summed E-state index contributed by atoms with van der Waals surface area (Å²) in [5.41, 5.74) is 0.151. The maximum Gasteiger partial charge on any atom is 0.328 e. The number of carbonyl (C=O) groups is 2. The standard InChI is InChI=1S/C15H25NO4/c1-4-8-20-10-12(14(18)19)16-13(17)11-6-5-7-15(2,3)9-11/h4,11-12H,1,5-10H2,2-3H3,(H,16,17)(H,18,19). The number of nitrogens with one attached hydrogen (secondary N) is 1. The van der Waals surface area contributed by atoms with Crippen LogP contribution in [-0.2, 0) is 14.3 Å². The molecule has 0 saturated heterocycles. The van der Waals surface area contributed by atoms with E-state index in [0.29, 0.717) is 0 Å². The topological polar surface area (TPSA) is 75.6 Å². The van der Waals surface area contributed by atoms with E-state index in [-0.39, 0.29) is 30.5 Å². The zero-order valence-corrected chi connectivity index (χ0v) is 12.4. The molecule has 0 aromatic carbocycles. The number of rotatable bonds is 7. The maximum absolute atomic E-state index is 12.2. The molecule has 2 N–H and O–H groups in total. The molecule has 5 nitrogen and oxygen atoms in total. The molecule has 1 rings (SSSR count). The van der Waals surface area contributed by atoms with Crippen LogP contribution in [0, 0.1) is 11.3 Å². The molecule has 20 heavy (non-hydrogen) atoms. The third-order valence-corrected chi connectivity index (χ3v) is 3.71. The number of hydrogen-bond acceptors (Lipinski definition) is 3. The monoisotopic (exact) mass is 283 g/mol. The van der Waals surface area contributed by atoms with Crippen LogP contribution in [-0.4, -0.2) is 36.2 Å². The third-order valence-electron chi connectivity index (χ3n) is 3.71. The number of amides is 1. The Bertz CT molecular complexity index is 365. The molecule has 0 bridgehead atoms. The first-order valence-corrected chi connectivity index (χ1v) is 7.07. The highest BCUT2D eigenvalue weighted by atomic mass is 16.5. The first kappa shape index (κ1) is 16.7. The Morgan fingerprint density at radius 3 is 2.80 bits per heavy atom. The summed E-state index contributed by atoms with van der Waals surface area (Å²) in [5.74, 6) is -1.34. The van der Waals surface area contributed by atoms with Crippen LogP contribution in [0.1, 0.15) is 39.5 Å². The normalized spacial score (nSPS) is 22.8. The van der Waals surface area contributed by atoms with Crippen molar-refractivity contribution in [2.24, 2.45) is 11.3 Å². The van der Waals surface area contributed by atoms with E-state index in [1.165, 1.54) is 0 Å².